The predicted octanol–water partition coefficient (Wildman–Crippen LogP) is 2.60. The predicted molar refractivity (Wildman–Crippen MR) is 68.1 cm³/mol. The van der Waals surface area contributed by atoms with Gasteiger partial charge in [0.2, 0.25) is 0 Å². The van der Waals surface area contributed by atoms with Crippen LogP contribution in [-0.2, 0) is 0 Å². The second-order valence-electron chi connectivity index (χ2n) is 5.36. The number of nitrogens with zero attached hydrogens (tertiary/aromatic N) is 2. The quantitative estimate of drug-likeness (QED) is 0.850. The Morgan fingerprint density at radius 2 is 1.88 bits per heavy atom. The molecule has 3 heteroatoms. The van der Waals surface area contributed by atoms with Gasteiger partial charge >= 0.3 is 0 Å². The zero-order valence-electron chi connectivity index (χ0n) is 10.4. The van der Waals surface area contributed by atoms with Crippen LogP contribution in [0.3, 0.4) is 0 Å². The Labute approximate surface area is 103 Å². The van der Waals surface area contributed by atoms with Crippen LogP contribution < -0.4 is 5.32 Å². The third kappa shape index (κ3) is 2.49. The van der Waals surface area contributed by atoms with Crippen molar-refractivity contribution in [3.63, 3.8) is 0 Å². The van der Waals surface area contributed by atoms with Gasteiger partial charge in [-0.05, 0) is 38.3 Å². The number of hydrogen-bond acceptors (Lipinski definition) is 3. The average Bonchev–Trinajstić information content (AvgIpc) is 2.94. The van der Waals surface area contributed by atoms with E-state index in [2.05, 4.69) is 16.4 Å². The molecule has 1 atom stereocenters. The summed E-state index contributed by atoms with van der Waals surface area (Å²) in [4.78, 5) is 9.31. The molecular formula is C14H21N3. The minimum Gasteiger partial charge on any atom is -0.316 e. The van der Waals surface area contributed by atoms with Crippen LogP contribution in [-0.4, -0.2) is 23.1 Å². The van der Waals surface area contributed by atoms with Gasteiger partial charge in [-0.2, -0.15) is 0 Å². The normalized spacial score (nSPS) is 26.2. The van der Waals surface area contributed by atoms with Crippen molar-refractivity contribution >= 4 is 0 Å². The summed E-state index contributed by atoms with van der Waals surface area (Å²) in [5, 5.41) is 3.44. The third-order valence-corrected chi connectivity index (χ3v) is 4.13. The smallest absolute Gasteiger partial charge is 0.132 e. The first-order valence-corrected chi connectivity index (χ1v) is 6.97. The maximum absolute atomic E-state index is 4.83. The molecule has 0 bridgehead atoms. The first kappa shape index (κ1) is 11.1. The molecule has 0 amide bonds. The highest BCUT2D eigenvalue weighted by atomic mass is 14.9. The Hall–Kier alpha value is -0.960. The second-order valence-corrected chi connectivity index (χ2v) is 5.36. The Balaban J connectivity index is 1.77. The number of piperidine rings is 1. The summed E-state index contributed by atoms with van der Waals surface area (Å²) < 4.78 is 0. The molecule has 1 N–H and O–H groups in total. The minimum atomic E-state index is 0.533. The molecule has 17 heavy (non-hydrogen) atoms. The van der Waals surface area contributed by atoms with Crippen molar-refractivity contribution in [2.45, 2.75) is 50.4 Å². The molecule has 1 saturated carbocycles. The highest BCUT2D eigenvalue weighted by Gasteiger charge is 2.22. The van der Waals surface area contributed by atoms with E-state index in [9.17, 15) is 0 Å². The molecule has 1 unspecified atom stereocenters. The van der Waals surface area contributed by atoms with E-state index in [-0.39, 0.29) is 0 Å². The fourth-order valence-electron chi connectivity index (χ4n) is 3.11. The summed E-state index contributed by atoms with van der Waals surface area (Å²) in [6.45, 7) is 2.20. The van der Waals surface area contributed by atoms with E-state index in [1.54, 1.807) is 0 Å². The number of nitrogens with one attached hydrogen (secondary N) is 1. The average molecular weight is 231 g/mol. The lowest BCUT2D eigenvalue weighted by atomic mass is 9.98. The molecule has 0 spiro atoms. The van der Waals surface area contributed by atoms with Gasteiger partial charge in [-0.1, -0.05) is 12.8 Å². The van der Waals surface area contributed by atoms with Crippen LogP contribution in [0.25, 0.3) is 0 Å². The van der Waals surface area contributed by atoms with Gasteiger partial charge < -0.3 is 5.32 Å². The first-order chi connectivity index (χ1) is 8.43. The first-order valence-electron chi connectivity index (χ1n) is 6.97. The van der Waals surface area contributed by atoms with Crippen molar-refractivity contribution in [2.24, 2.45) is 0 Å². The van der Waals surface area contributed by atoms with Crippen LogP contribution in [0.1, 0.15) is 61.9 Å². The van der Waals surface area contributed by atoms with Crippen molar-refractivity contribution in [1.82, 2.24) is 15.3 Å². The third-order valence-electron chi connectivity index (χ3n) is 4.13. The van der Waals surface area contributed by atoms with Gasteiger partial charge in [-0.15, -0.1) is 0 Å². The summed E-state index contributed by atoms with van der Waals surface area (Å²) in [6.07, 6.45) is 9.83. The van der Waals surface area contributed by atoms with Crippen molar-refractivity contribution in [2.75, 3.05) is 13.1 Å². The highest BCUT2D eigenvalue weighted by molar-refractivity contribution is 5.12. The zero-order chi connectivity index (χ0) is 11.5. The van der Waals surface area contributed by atoms with Gasteiger partial charge in [0, 0.05) is 30.3 Å². The molecule has 2 heterocycles. The van der Waals surface area contributed by atoms with Crippen LogP contribution in [0.2, 0.25) is 0 Å². The Morgan fingerprint density at radius 3 is 2.65 bits per heavy atom. The standard InChI is InChI=1S/C14H21N3/c1-2-5-11(4-1)13-7-9-16-14(17-13)12-6-3-8-15-10-12/h7,9,11-12,15H,1-6,8,10H2. The van der Waals surface area contributed by atoms with E-state index in [0.29, 0.717) is 11.8 Å². The Morgan fingerprint density at radius 1 is 1.06 bits per heavy atom. The fraction of sp³-hybridized carbons (Fsp3) is 0.714. The van der Waals surface area contributed by atoms with Gasteiger partial charge in [0.05, 0.1) is 0 Å². The summed E-state index contributed by atoms with van der Waals surface area (Å²) in [6, 6.07) is 2.12. The van der Waals surface area contributed by atoms with Crippen molar-refractivity contribution in [1.29, 1.82) is 0 Å². The minimum absolute atomic E-state index is 0.533. The van der Waals surface area contributed by atoms with Gasteiger partial charge in [0.25, 0.3) is 0 Å². The molecule has 2 aliphatic rings. The number of aromatic nitrogens is 2. The van der Waals surface area contributed by atoms with Crippen LogP contribution in [0.4, 0.5) is 0 Å². The summed E-state index contributed by atoms with van der Waals surface area (Å²) >= 11 is 0. The largest absolute Gasteiger partial charge is 0.316 e. The lowest BCUT2D eigenvalue weighted by molar-refractivity contribution is 0.444. The van der Waals surface area contributed by atoms with Crippen LogP contribution in [0.5, 0.6) is 0 Å². The molecule has 1 aromatic rings. The van der Waals surface area contributed by atoms with Crippen LogP contribution in [0.15, 0.2) is 12.3 Å². The Kier molecular flexibility index (Phi) is 3.36. The number of hydrogen-bond donors (Lipinski definition) is 1. The van der Waals surface area contributed by atoms with Gasteiger partial charge in [0.1, 0.15) is 5.82 Å². The van der Waals surface area contributed by atoms with Crippen LogP contribution in [0, 0.1) is 0 Å². The molecule has 3 rings (SSSR count). The highest BCUT2D eigenvalue weighted by Crippen LogP contribution is 2.33. The lowest BCUT2D eigenvalue weighted by Crippen LogP contribution is -2.29. The van der Waals surface area contributed by atoms with Crippen molar-refractivity contribution in [3.05, 3.63) is 23.8 Å². The second kappa shape index (κ2) is 5.13. The maximum Gasteiger partial charge on any atom is 0.132 e. The van der Waals surface area contributed by atoms with Crippen LogP contribution >= 0.6 is 0 Å². The van der Waals surface area contributed by atoms with E-state index < -0.39 is 0 Å². The zero-order valence-corrected chi connectivity index (χ0v) is 10.4. The molecule has 1 aliphatic carbocycles. The molecule has 1 aromatic heterocycles. The summed E-state index contributed by atoms with van der Waals surface area (Å²) in [7, 11) is 0. The molecule has 92 valence electrons. The van der Waals surface area contributed by atoms with Gasteiger partial charge in [-0.3, -0.25) is 0 Å². The molecule has 3 nitrogen and oxygen atoms in total. The summed E-state index contributed by atoms with van der Waals surface area (Å²) in [5.74, 6) is 2.31. The summed E-state index contributed by atoms with van der Waals surface area (Å²) in [5.41, 5.74) is 1.29. The Bertz CT molecular complexity index is 365. The monoisotopic (exact) mass is 231 g/mol. The molecule has 2 fully saturated rings. The van der Waals surface area contributed by atoms with E-state index in [1.165, 1.54) is 44.2 Å². The lowest BCUT2D eigenvalue weighted by Gasteiger charge is -2.22. The molecule has 0 aromatic carbocycles. The molecule has 1 saturated heterocycles. The van der Waals surface area contributed by atoms with Gasteiger partial charge in [-0.25, -0.2) is 9.97 Å². The topological polar surface area (TPSA) is 37.8 Å². The van der Waals surface area contributed by atoms with E-state index >= 15 is 0 Å². The SMILES string of the molecule is c1cc(C2CCCC2)nc(C2CCCNC2)n1. The van der Waals surface area contributed by atoms with Crippen molar-refractivity contribution in [3.8, 4) is 0 Å². The molecule has 0 radical (unpaired) electrons. The maximum atomic E-state index is 4.83. The van der Waals surface area contributed by atoms with Gasteiger partial charge in [0.15, 0.2) is 0 Å². The molecular weight excluding hydrogens is 210 g/mol. The van der Waals surface area contributed by atoms with Crippen molar-refractivity contribution < 1.29 is 0 Å². The van der Waals surface area contributed by atoms with E-state index in [0.717, 1.165) is 18.9 Å². The fourth-order valence-corrected chi connectivity index (χ4v) is 3.11. The molecule has 1 aliphatic heterocycles. The van der Waals surface area contributed by atoms with E-state index in [4.69, 9.17) is 4.98 Å². The van der Waals surface area contributed by atoms with E-state index in [1.807, 2.05) is 6.20 Å². The number of rotatable bonds is 2.